The molecule has 0 aromatic carbocycles. The molecule has 0 aliphatic carbocycles. The molecule has 0 saturated heterocycles. The van der Waals surface area contributed by atoms with Crippen molar-refractivity contribution in [1.29, 1.82) is 0 Å². The number of hydrogen-bond donors (Lipinski definition) is 0. The Labute approximate surface area is 95.8 Å². The first kappa shape index (κ1) is 14.1. The molecule has 0 aromatic rings. The van der Waals surface area contributed by atoms with E-state index in [9.17, 15) is 0 Å². The quantitative estimate of drug-likeness (QED) is 0.474. The summed E-state index contributed by atoms with van der Waals surface area (Å²) in [6.07, 6.45) is 2.39. The highest BCUT2D eigenvalue weighted by Gasteiger charge is 2.14. The van der Waals surface area contributed by atoms with Crippen LogP contribution in [0.5, 0.6) is 0 Å². The molecule has 13 heavy (non-hydrogen) atoms. The second-order valence-corrected chi connectivity index (χ2v) is 15.3. The van der Waals surface area contributed by atoms with Gasteiger partial charge in [-0.25, -0.2) is 0 Å². The molecule has 0 aromatic heterocycles. The van der Waals surface area contributed by atoms with E-state index in [2.05, 4.69) is 27.4 Å². The predicted octanol–water partition coefficient (Wildman–Crippen LogP) is 4.77. The highest BCUT2D eigenvalue weighted by molar-refractivity contribution is 9.00. The van der Waals surface area contributed by atoms with Crippen molar-refractivity contribution >= 4 is 39.0 Å². The van der Waals surface area contributed by atoms with Crippen LogP contribution in [0.4, 0.5) is 0 Å². The fraction of sp³-hybridized carbons (Fsp3) is 0.778. The van der Waals surface area contributed by atoms with Crippen LogP contribution in [0.25, 0.3) is 0 Å². The van der Waals surface area contributed by atoms with Crippen molar-refractivity contribution in [3.63, 3.8) is 0 Å². The van der Waals surface area contributed by atoms with Crippen LogP contribution < -0.4 is 0 Å². The minimum absolute atomic E-state index is 1.04. The highest BCUT2D eigenvalue weighted by Crippen LogP contribution is 2.69. The average molecular weight is 254 g/mol. The maximum absolute atomic E-state index is 5.68. The molecule has 1 unspecified atom stereocenters. The van der Waals surface area contributed by atoms with Crippen LogP contribution in [-0.4, -0.2) is 17.7 Å². The van der Waals surface area contributed by atoms with Crippen LogP contribution in [0, 0.1) is 0 Å². The summed E-state index contributed by atoms with van der Waals surface area (Å²) in [6.45, 7) is 10.4. The van der Waals surface area contributed by atoms with Gasteiger partial charge >= 0.3 is 0 Å². The standard InChI is InChI=1S/C9H19PS3/c1-5-7-12-10(11,6-2)13-8-9(3)4/h3,5-8H2,1-2,4H3. The first-order valence-corrected chi connectivity index (χ1v) is 10.7. The first-order valence-electron chi connectivity index (χ1n) is 4.56. The Morgan fingerprint density at radius 1 is 1.38 bits per heavy atom. The maximum Gasteiger partial charge on any atom is 0.0572 e. The van der Waals surface area contributed by atoms with E-state index in [1.54, 1.807) is 0 Å². The first-order chi connectivity index (χ1) is 6.04. The maximum atomic E-state index is 5.68. The van der Waals surface area contributed by atoms with Gasteiger partial charge in [-0.15, -0.1) is 22.8 Å². The summed E-state index contributed by atoms with van der Waals surface area (Å²) in [7, 11) is 0. The van der Waals surface area contributed by atoms with Gasteiger partial charge in [-0.3, -0.25) is 0 Å². The van der Waals surface area contributed by atoms with Crippen LogP contribution >= 0.6 is 27.2 Å². The van der Waals surface area contributed by atoms with Crippen LogP contribution in [0.1, 0.15) is 27.2 Å². The molecule has 0 N–H and O–H groups in total. The lowest BCUT2D eigenvalue weighted by Crippen LogP contribution is -1.83. The van der Waals surface area contributed by atoms with Gasteiger partial charge in [-0.2, -0.15) is 0 Å². The lowest BCUT2D eigenvalue weighted by atomic mass is 10.4. The average Bonchev–Trinajstić information content (AvgIpc) is 2.11. The van der Waals surface area contributed by atoms with Crippen molar-refractivity contribution in [1.82, 2.24) is 0 Å². The second kappa shape index (κ2) is 7.39. The van der Waals surface area contributed by atoms with Gasteiger partial charge in [0.05, 0.1) is 4.44 Å². The summed E-state index contributed by atoms with van der Waals surface area (Å²) in [5, 5.41) is 0. The van der Waals surface area contributed by atoms with Crippen molar-refractivity contribution in [2.45, 2.75) is 27.2 Å². The van der Waals surface area contributed by atoms with Crippen molar-refractivity contribution in [2.24, 2.45) is 0 Å². The highest BCUT2D eigenvalue weighted by atomic mass is 33.2. The molecule has 0 aliphatic heterocycles. The van der Waals surface area contributed by atoms with E-state index in [0.29, 0.717) is 0 Å². The molecule has 0 saturated carbocycles. The zero-order chi connectivity index (χ0) is 10.3. The van der Waals surface area contributed by atoms with Crippen LogP contribution in [0.15, 0.2) is 12.2 Å². The molecule has 0 aliphatic rings. The topological polar surface area (TPSA) is 0 Å². The van der Waals surface area contributed by atoms with Crippen molar-refractivity contribution in [3.05, 3.63) is 12.2 Å². The lowest BCUT2D eigenvalue weighted by Gasteiger charge is -2.18. The Kier molecular flexibility index (Phi) is 8.01. The molecule has 4 heteroatoms. The van der Waals surface area contributed by atoms with Gasteiger partial charge in [0.25, 0.3) is 0 Å². The van der Waals surface area contributed by atoms with Crippen LogP contribution in [0.3, 0.4) is 0 Å². The fourth-order valence-electron chi connectivity index (χ4n) is 0.659. The number of hydrogen-bond acceptors (Lipinski definition) is 3. The molecular weight excluding hydrogens is 235 g/mol. The Hall–Kier alpha value is 1.09. The third kappa shape index (κ3) is 7.07. The van der Waals surface area contributed by atoms with Gasteiger partial charge < -0.3 is 0 Å². The molecule has 0 fully saturated rings. The Bertz CT molecular complexity index is 201. The third-order valence-electron chi connectivity index (χ3n) is 1.39. The normalized spacial score (nSPS) is 15.3. The van der Waals surface area contributed by atoms with Gasteiger partial charge in [0.2, 0.25) is 0 Å². The van der Waals surface area contributed by atoms with Gasteiger partial charge in [0.15, 0.2) is 0 Å². The minimum Gasteiger partial charge on any atom is -0.114 e. The van der Waals surface area contributed by atoms with Gasteiger partial charge in [-0.1, -0.05) is 37.8 Å². The van der Waals surface area contributed by atoms with Crippen molar-refractivity contribution in [3.8, 4) is 0 Å². The molecular formula is C9H19PS3. The molecule has 0 rings (SSSR count). The summed E-state index contributed by atoms with van der Waals surface area (Å²) < 4.78 is -1.16. The predicted molar refractivity (Wildman–Crippen MR) is 74.8 cm³/mol. The Morgan fingerprint density at radius 2 is 2.00 bits per heavy atom. The van der Waals surface area contributed by atoms with Crippen molar-refractivity contribution in [2.75, 3.05) is 17.7 Å². The van der Waals surface area contributed by atoms with Crippen molar-refractivity contribution < 1.29 is 0 Å². The zero-order valence-electron chi connectivity index (χ0n) is 8.71. The Balaban J connectivity index is 3.96. The summed E-state index contributed by atoms with van der Waals surface area (Å²) in [5.74, 6) is 2.26. The molecule has 0 bridgehead atoms. The van der Waals surface area contributed by atoms with E-state index >= 15 is 0 Å². The zero-order valence-corrected chi connectivity index (χ0v) is 12.1. The smallest absolute Gasteiger partial charge is 0.0572 e. The summed E-state index contributed by atoms with van der Waals surface area (Å²) >= 11 is 9.66. The molecule has 78 valence electrons. The Morgan fingerprint density at radius 3 is 2.38 bits per heavy atom. The number of rotatable bonds is 7. The van der Waals surface area contributed by atoms with E-state index in [0.717, 1.165) is 11.9 Å². The SMILES string of the molecule is C=C(C)CSP(=S)(CC)SCCC. The largest absolute Gasteiger partial charge is 0.114 e. The van der Waals surface area contributed by atoms with Crippen LogP contribution in [0.2, 0.25) is 0 Å². The molecule has 0 heterocycles. The van der Waals surface area contributed by atoms with E-state index < -0.39 is 4.44 Å². The van der Waals surface area contributed by atoms with Gasteiger partial charge in [0, 0.05) is 5.75 Å². The van der Waals surface area contributed by atoms with Crippen LogP contribution in [-0.2, 0) is 11.8 Å². The third-order valence-corrected chi connectivity index (χ3v) is 13.6. The second-order valence-electron chi connectivity index (χ2n) is 2.99. The molecule has 0 amide bonds. The summed E-state index contributed by atoms with van der Waals surface area (Å²) in [6, 6.07) is 0. The summed E-state index contributed by atoms with van der Waals surface area (Å²) in [5.41, 5.74) is 1.24. The minimum atomic E-state index is -1.16. The van der Waals surface area contributed by atoms with E-state index in [4.69, 9.17) is 11.8 Å². The lowest BCUT2D eigenvalue weighted by molar-refractivity contribution is 1.11. The van der Waals surface area contributed by atoms with E-state index in [1.807, 2.05) is 22.8 Å². The van der Waals surface area contributed by atoms with E-state index in [-0.39, 0.29) is 0 Å². The van der Waals surface area contributed by atoms with Gasteiger partial charge in [-0.05, 0) is 25.3 Å². The fourth-order valence-corrected chi connectivity index (χ4v) is 8.89. The van der Waals surface area contributed by atoms with E-state index in [1.165, 1.54) is 17.7 Å². The van der Waals surface area contributed by atoms with Gasteiger partial charge in [0.1, 0.15) is 0 Å². The molecule has 0 radical (unpaired) electrons. The molecule has 1 atom stereocenters. The summed E-state index contributed by atoms with van der Waals surface area (Å²) in [4.78, 5) is 0. The monoisotopic (exact) mass is 254 g/mol. The molecule has 0 nitrogen and oxygen atoms in total. The molecule has 0 spiro atoms.